The summed E-state index contributed by atoms with van der Waals surface area (Å²) in [5, 5.41) is 5.85. The van der Waals surface area contributed by atoms with Gasteiger partial charge in [-0.3, -0.25) is 9.59 Å². The molecule has 1 aliphatic rings. The topological polar surface area (TPSA) is 84.2 Å². The molecule has 0 bridgehead atoms. The molecule has 0 saturated heterocycles. The molecule has 2 rings (SSSR count). The van der Waals surface area contributed by atoms with Crippen molar-refractivity contribution in [2.24, 2.45) is 11.7 Å². The summed E-state index contributed by atoms with van der Waals surface area (Å²) in [6, 6.07) is 5.48. The molecule has 0 radical (unpaired) electrons. The standard InChI is InChI=1S/C16H22ClN3O2/c1-10-5-6-14(13(17)7-10)20-15(21)9-19-16(22)11-3-2-4-12(18)8-11/h5-7,11-12H,2-4,8-9,18H2,1H3,(H,19,22)(H,20,21). The van der Waals surface area contributed by atoms with E-state index in [0.717, 1.165) is 24.8 Å². The first-order valence-electron chi connectivity index (χ1n) is 7.55. The molecule has 1 fully saturated rings. The number of rotatable bonds is 4. The van der Waals surface area contributed by atoms with Crippen molar-refractivity contribution >= 4 is 29.1 Å². The first-order chi connectivity index (χ1) is 10.5. The number of nitrogens with one attached hydrogen (secondary N) is 2. The molecule has 0 aromatic heterocycles. The van der Waals surface area contributed by atoms with Crippen molar-refractivity contribution in [3.05, 3.63) is 28.8 Å². The predicted octanol–water partition coefficient (Wildman–Crippen LogP) is 2.22. The Kier molecular flexibility index (Phi) is 5.80. The van der Waals surface area contributed by atoms with E-state index in [-0.39, 0.29) is 30.3 Å². The molecule has 0 spiro atoms. The van der Waals surface area contributed by atoms with Gasteiger partial charge in [-0.2, -0.15) is 0 Å². The van der Waals surface area contributed by atoms with Gasteiger partial charge in [0.1, 0.15) is 0 Å². The SMILES string of the molecule is Cc1ccc(NC(=O)CNC(=O)C2CCCC(N)C2)c(Cl)c1. The van der Waals surface area contributed by atoms with Crippen molar-refractivity contribution in [2.75, 3.05) is 11.9 Å². The molecule has 6 heteroatoms. The summed E-state index contributed by atoms with van der Waals surface area (Å²) in [7, 11) is 0. The van der Waals surface area contributed by atoms with E-state index in [9.17, 15) is 9.59 Å². The quantitative estimate of drug-likeness (QED) is 0.794. The molecule has 1 aromatic carbocycles. The van der Waals surface area contributed by atoms with Crippen molar-refractivity contribution in [3.8, 4) is 0 Å². The van der Waals surface area contributed by atoms with Crippen LogP contribution in [-0.2, 0) is 9.59 Å². The lowest BCUT2D eigenvalue weighted by atomic mass is 9.85. The van der Waals surface area contributed by atoms with Crippen LogP contribution in [0.25, 0.3) is 0 Å². The monoisotopic (exact) mass is 323 g/mol. The predicted molar refractivity (Wildman–Crippen MR) is 87.8 cm³/mol. The number of aryl methyl sites for hydroxylation is 1. The molecular formula is C16H22ClN3O2. The Bertz CT molecular complexity index is 562. The molecule has 0 heterocycles. The average Bonchev–Trinajstić information content (AvgIpc) is 2.47. The van der Waals surface area contributed by atoms with E-state index >= 15 is 0 Å². The minimum Gasteiger partial charge on any atom is -0.347 e. The molecule has 2 unspecified atom stereocenters. The fraction of sp³-hybridized carbons (Fsp3) is 0.500. The van der Waals surface area contributed by atoms with E-state index in [0.29, 0.717) is 17.1 Å². The Labute approximate surface area is 135 Å². The Morgan fingerprint density at radius 2 is 2.14 bits per heavy atom. The van der Waals surface area contributed by atoms with E-state index in [4.69, 9.17) is 17.3 Å². The molecule has 4 N–H and O–H groups in total. The molecule has 120 valence electrons. The van der Waals surface area contributed by atoms with Crippen LogP contribution in [0.2, 0.25) is 5.02 Å². The van der Waals surface area contributed by atoms with Crippen molar-refractivity contribution in [1.82, 2.24) is 5.32 Å². The summed E-state index contributed by atoms with van der Waals surface area (Å²) in [5.74, 6) is -0.473. The number of nitrogens with two attached hydrogens (primary N) is 1. The fourth-order valence-corrected chi connectivity index (χ4v) is 2.98. The highest BCUT2D eigenvalue weighted by Crippen LogP contribution is 2.23. The zero-order valence-electron chi connectivity index (χ0n) is 12.7. The summed E-state index contributed by atoms with van der Waals surface area (Å²) < 4.78 is 0. The third kappa shape index (κ3) is 4.71. The molecule has 1 aliphatic carbocycles. The second-order valence-corrected chi connectivity index (χ2v) is 6.28. The Balaban J connectivity index is 1.81. The highest BCUT2D eigenvalue weighted by Gasteiger charge is 2.25. The van der Waals surface area contributed by atoms with Gasteiger partial charge in [-0.25, -0.2) is 0 Å². The van der Waals surface area contributed by atoms with Crippen LogP contribution < -0.4 is 16.4 Å². The van der Waals surface area contributed by atoms with Gasteiger partial charge in [-0.15, -0.1) is 0 Å². The van der Waals surface area contributed by atoms with Crippen LogP contribution in [0.15, 0.2) is 18.2 Å². The molecule has 5 nitrogen and oxygen atoms in total. The molecule has 2 amide bonds. The van der Waals surface area contributed by atoms with Gasteiger partial charge >= 0.3 is 0 Å². The first-order valence-corrected chi connectivity index (χ1v) is 7.93. The Morgan fingerprint density at radius 3 is 2.82 bits per heavy atom. The average molecular weight is 324 g/mol. The van der Waals surface area contributed by atoms with Crippen molar-refractivity contribution in [3.63, 3.8) is 0 Å². The summed E-state index contributed by atoms with van der Waals surface area (Å²) in [6.07, 6.45) is 3.46. The van der Waals surface area contributed by atoms with Gasteiger partial charge in [-0.05, 0) is 43.9 Å². The summed E-state index contributed by atoms with van der Waals surface area (Å²) in [4.78, 5) is 23.9. The van der Waals surface area contributed by atoms with Crippen LogP contribution in [0.1, 0.15) is 31.2 Å². The van der Waals surface area contributed by atoms with Gasteiger partial charge in [0, 0.05) is 12.0 Å². The smallest absolute Gasteiger partial charge is 0.243 e. The van der Waals surface area contributed by atoms with Crippen LogP contribution in [0, 0.1) is 12.8 Å². The highest BCUT2D eigenvalue weighted by atomic mass is 35.5. The van der Waals surface area contributed by atoms with Crippen LogP contribution >= 0.6 is 11.6 Å². The third-order valence-electron chi connectivity index (χ3n) is 3.91. The van der Waals surface area contributed by atoms with Gasteiger partial charge in [0.15, 0.2) is 0 Å². The van der Waals surface area contributed by atoms with Crippen molar-refractivity contribution in [1.29, 1.82) is 0 Å². The largest absolute Gasteiger partial charge is 0.347 e. The van der Waals surface area contributed by atoms with E-state index in [1.54, 1.807) is 12.1 Å². The van der Waals surface area contributed by atoms with Crippen molar-refractivity contribution < 1.29 is 9.59 Å². The van der Waals surface area contributed by atoms with Crippen molar-refractivity contribution in [2.45, 2.75) is 38.6 Å². The molecular weight excluding hydrogens is 302 g/mol. The zero-order valence-corrected chi connectivity index (χ0v) is 13.5. The fourth-order valence-electron chi connectivity index (χ4n) is 2.69. The zero-order chi connectivity index (χ0) is 16.1. The van der Waals surface area contributed by atoms with Gasteiger partial charge in [0.05, 0.1) is 17.3 Å². The van der Waals surface area contributed by atoms with Gasteiger partial charge in [0.25, 0.3) is 0 Å². The number of amides is 2. The van der Waals surface area contributed by atoms with E-state index in [1.807, 2.05) is 13.0 Å². The van der Waals surface area contributed by atoms with E-state index in [2.05, 4.69) is 10.6 Å². The van der Waals surface area contributed by atoms with E-state index < -0.39 is 0 Å². The molecule has 1 aromatic rings. The van der Waals surface area contributed by atoms with Gasteiger partial charge in [0.2, 0.25) is 11.8 Å². The van der Waals surface area contributed by atoms with Crippen LogP contribution in [0.5, 0.6) is 0 Å². The minimum atomic E-state index is -0.292. The summed E-state index contributed by atoms with van der Waals surface area (Å²) in [6.45, 7) is 1.86. The number of benzene rings is 1. The third-order valence-corrected chi connectivity index (χ3v) is 4.22. The lowest BCUT2D eigenvalue weighted by Gasteiger charge is -2.25. The normalized spacial score (nSPS) is 21.2. The number of hydrogen-bond donors (Lipinski definition) is 3. The maximum atomic E-state index is 12.0. The van der Waals surface area contributed by atoms with Gasteiger partial charge < -0.3 is 16.4 Å². The van der Waals surface area contributed by atoms with Crippen LogP contribution in [-0.4, -0.2) is 24.4 Å². The summed E-state index contributed by atoms with van der Waals surface area (Å²) >= 11 is 6.06. The van der Waals surface area contributed by atoms with Crippen LogP contribution in [0.4, 0.5) is 5.69 Å². The van der Waals surface area contributed by atoms with Gasteiger partial charge in [-0.1, -0.05) is 24.1 Å². The second-order valence-electron chi connectivity index (χ2n) is 5.87. The number of carbonyl (C=O) groups excluding carboxylic acids is 2. The lowest BCUT2D eigenvalue weighted by molar-refractivity contribution is -0.128. The number of anilines is 1. The number of halogens is 1. The molecule has 2 atom stereocenters. The van der Waals surface area contributed by atoms with E-state index in [1.165, 1.54) is 0 Å². The van der Waals surface area contributed by atoms with Crippen LogP contribution in [0.3, 0.4) is 0 Å². The lowest BCUT2D eigenvalue weighted by Crippen LogP contribution is -2.40. The highest BCUT2D eigenvalue weighted by molar-refractivity contribution is 6.33. The molecule has 0 aliphatic heterocycles. The molecule has 22 heavy (non-hydrogen) atoms. The Morgan fingerprint density at radius 1 is 1.36 bits per heavy atom. The maximum absolute atomic E-state index is 12.0. The second kappa shape index (κ2) is 7.61. The maximum Gasteiger partial charge on any atom is 0.243 e. The Hall–Kier alpha value is -1.59. The minimum absolute atomic E-state index is 0.0607. The first kappa shape index (κ1) is 16.8. The number of carbonyl (C=O) groups is 2. The number of hydrogen-bond acceptors (Lipinski definition) is 3. The molecule has 1 saturated carbocycles. The summed E-state index contributed by atoms with van der Waals surface area (Å²) in [5.41, 5.74) is 7.44.